The lowest BCUT2D eigenvalue weighted by molar-refractivity contribution is 0.0734. The van der Waals surface area contributed by atoms with Gasteiger partial charge in [-0.2, -0.15) is 0 Å². The number of rotatable bonds is 7. The fourth-order valence-corrected chi connectivity index (χ4v) is 2.84. The first-order valence-corrected chi connectivity index (χ1v) is 8.88. The van der Waals surface area contributed by atoms with Crippen LogP contribution in [0.25, 0.3) is 0 Å². The van der Waals surface area contributed by atoms with E-state index in [4.69, 9.17) is 0 Å². The Morgan fingerprint density at radius 2 is 1.54 bits per heavy atom. The van der Waals surface area contributed by atoms with Gasteiger partial charge in [0.15, 0.2) is 0 Å². The smallest absolute Gasteiger partial charge is 0.274 e. The largest absolute Gasteiger partial charge is 0.333 e. The topological polar surface area (TPSA) is 46.1 Å². The van der Waals surface area contributed by atoms with Gasteiger partial charge in [0.05, 0.1) is 11.9 Å². The lowest BCUT2D eigenvalue weighted by Gasteiger charge is -2.22. The van der Waals surface area contributed by atoms with Gasteiger partial charge in [0.1, 0.15) is 5.69 Å². The number of benzene rings is 2. The summed E-state index contributed by atoms with van der Waals surface area (Å²) in [6.07, 6.45) is 5.05. The molecule has 1 amide bonds. The molecule has 1 aromatic heterocycles. The van der Waals surface area contributed by atoms with Gasteiger partial charge in [0.25, 0.3) is 5.91 Å². The molecule has 0 bridgehead atoms. The molecule has 0 atom stereocenters. The van der Waals surface area contributed by atoms with Gasteiger partial charge in [-0.3, -0.25) is 9.78 Å². The van der Waals surface area contributed by atoms with E-state index in [0.717, 1.165) is 24.1 Å². The highest BCUT2D eigenvalue weighted by molar-refractivity contribution is 5.91. The van der Waals surface area contributed by atoms with E-state index >= 15 is 0 Å². The Morgan fingerprint density at radius 1 is 0.885 bits per heavy atom. The van der Waals surface area contributed by atoms with Crippen LogP contribution in [0.2, 0.25) is 0 Å². The molecule has 0 aliphatic rings. The van der Waals surface area contributed by atoms with Crippen molar-refractivity contribution in [2.24, 2.45) is 0 Å². The van der Waals surface area contributed by atoms with Crippen LogP contribution in [0.1, 0.15) is 33.7 Å². The standard InChI is InChI=1S/C22H23N3O/c1-18-15-24-21(16-23-18)22(26)25(17-20-11-6-3-7-12-20)14-8-13-19-9-4-2-5-10-19/h2-7,9-12,15-16H,8,13-14,17H2,1H3. The number of nitrogens with zero attached hydrogens (tertiary/aromatic N) is 3. The SMILES string of the molecule is Cc1cnc(C(=O)N(CCCc2ccccc2)Cc2ccccc2)cn1. The normalized spacial score (nSPS) is 10.5. The van der Waals surface area contributed by atoms with Crippen LogP contribution in [0.15, 0.2) is 73.1 Å². The van der Waals surface area contributed by atoms with Crippen molar-refractivity contribution in [3.63, 3.8) is 0 Å². The van der Waals surface area contributed by atoms with Crippen molar-refractivity contribution in [2.45, 2.75) is 26.3 Å². The highest BCUT2D eigenvalue weighted by Crippen LogP contribution is 2.11. The summed E-state index contributed by atoms with van der Waals surface area (Å²) < 4.78 is 0. The second kappa shape index (κ2) is 8.90. The lowest BCUT2D eigenvalue weighted by Crippen LogP contribution is -2.32. The number of hydrogen-bond acceptors (Lipinski definition) is 3. The Labute approximate surface area is 154 Å². The molecule has 0 fully saturated rings. The van der Waals surface area contributed by atoms with Crippen LogP contribution < -0.4 is 0 Å². The van der Waals surface area contributed by atoms with E-state index in [1.54, 1.807) is 12.4 Å². The molecule has 0 aliphatic heterocycles. The number of hydrogen-bond donors (Lipinski definition) is 0. The number of aryl methyl sites for hydroxylation is 2. The van der Waals surface area contributed by atoms with Crippen LogP contribution in [0, 0.1) is 6.92 Å². The van der Waals surface area contributed by atoms with Crippen molar-refractivity contribution < 1.29 is 4.79 Å². The molecular formula is C22H23N3O. The van der Waals surface area contributed by atoms with Crippen LogP contribution in [-0.2, 0) is 13.0 Å². The molecule has 0 saturated heterocycles. The Balaban J connectivity index is 1.70. The third kappa shape index (κ3) is 4.99. The van der Waals surface area contributed by atoms with E-state index in [2.05, 4.69) is 22.1 Å². The molecule has 0 radical (unpaired) electrons. The van der Waals surface area contributed by atoms with Gasteiger partial charge in [0, 0.05) is 19.3 Å². The zero-order chi connectivity index (χ0) is 18.2. The number of aromatic nitrogens is 2. The summed E-state index contributed by atoms with van der Waals surface area (Å²) >= 11 is 0. The van der Waals surface area contributed by atoms with Crippen LogP contribution in [0.5, 0.6) is 0 Å². The first-order chi connectivity index (χ1) is 12.7. The minimum Gasteiger partial charge on any atom is -0.333 e. The zero-order valence-electron chi connectivity index (χ0n) is 15.0. The van der Waals surface area contributed by atoms with Gasteiger partial charge in [0.2, 0.25) is 0 Å². The molecule has 0 unspecified atom stereocenters. The summed E-state index contributed by atoms with van der Waals surface area (Å²) in [4.78, 5) is 23.2. The molecular weight excluding hydrogens is 322 g/mol. The molecule has 4 nitrogen and oxygen atoms in total. The average molecular weight is 345 g/mol. The first-order valence-electron chi connectivity index (χ1n) is 8.88. The first kappa shape index (κ1) is 17.8. The van der Waals surface area contributed by atoms with Crippen molar-refractivity contribution in [2.75, 3.05) is 6.54 Å². The fourth-order valence-electron chi connectivity index (χ4n) is 2.84. The second-order valence-corrected chi connectivity index (χ2v) is 6.34. The minimum atomic E-state index is -0.0746. The average Bonchev–Trinajstić information content (AvgIpc) is 2.69. The van der Waals surface area contributed by atoms with Gasteiger partial charge in [-0.25, -0.2) is 4.98 Å². The number of carbonyl (C=O) groups excluding carboxylic acids is 1. The van der Waals surface area contributed by atoms with E-state index < -0.39 is 0 Å². The number of carbonyl (C=O) groups is 1. The molecule has 3 rings (SSSR count). The maximum absolute atomic E-state index is 12.9. The summed E-state index contributed by atoms with van der Waals surface area (Å²) in [6.45, 7) is 3.12. The van der Waals surface area contributed by atoms with Crippen molar-refractivity contribution >= 4 is 5.91 Å². The summed E-state index contributed by atoms with van der Waals surface area (Å²) in [7, 11) is 0. The highest BCUT2D eigenvalue weighted by atomic mass is 16.2. The monoisotopic (exact) mass is 345 g/mol. The van der Waals surface area contributed by atoms with Crippen molar-refractivity contribution in [1.29, 1.82) is 0 Å². The van der Waals surface area contributed by atoms with Gasteiger partial charge in [-0.1, -0.05) is 60.7 Å². The predicted molar refractivity (Wildman–Crippen MR) is 103 cm³/mol. The molecule has 2 aromatic carbocycles. The molecule has 0 spiro atoms. The van der Waals surface area contributed by atoms with Crippen LogP contribution >= 0.6 is 0 Å². The second-order valence-electron chi connectivity index (χ2n) is 6.34. The summed E-state index contributed by atoms with van der Waals surface area (Å²) in [5, 5.41) is 0. The Kier molecular flexibility index (Phi) is 6.09. The van der Waals surface area contributed by atoms with E-state index in [0.29, 0.717) is 18.8 Å². The third-order valence-electron chi connectivity index (χ3n) is 4.24. The van der Waals surface area contributed by atoms with E-state index in [1.165, 1.54) is 5.56 Å². The molecule has 1 heterocycles. The minimum absolute atomic E-state index is 0.0746. The van der Waals surface area contributed by atoms with Gasteiger partial charge >= 0.3 is 0 Å². The Bertz CT molecular complexity index is 817. The third-order valence-corrected chi connectivity index (χ3v) is 4.24. The molecule has 26 heavy (non-hydrogen) atoms. The van der Waals surface area contributed by atoms with Gasteiger partial charge in [-0.15, -0.1) is 0 Å². The Morgan fingerprint density at radius 3 is 2.15 bits per heavy atom. The van der Waals surface area contributed by atoms with Crippen LogP contribution in [0.4, 0.5) is 0 Å². The summed E-state index contributed by atoms with van der Waals surface area (Å²) in [5.74, 6) is -0.0746. The quantitative estimate of drug-likeness (QED) is 0.649. The molecule has 0 saturated carbocycles. The maximum atomic E-state index is 12.9. The Hall–Kier alpha value is -3.01. The van der Waals surface area contributed by atoms with Gasteiger partial charge in [-0.05, 0) is 30.9 Å². The van der Waals surface area contributed by atoms with Gasteiger partial charge < -0.3 is 4.90 Å². The van der Waals surface area contributed by atoms with Crippen LogP contribution in [0.3, 0.4) is 0 Å². The van der Waals surface area contributed by atoms with E-state index in [1.807, 2.05) is 60.4 Å². The summed E-state index contributed by atoms with van der Waals surface area (Å²) in [6, 6.07) is 20.4. The molecule has 4 heteroatoms. The molecule has 3 aromatic rings. The van der Waals surface area contributed by atoms with E-state index in [-0.39, 0.29) is 5.91 Å². The van der Waals surface area contributed by atoms with Crippen molar-refractivity contribution in [1.82, 2.24) is 14.9 Å². The predicted octanol–water partition coefficient (Wildman–Crippen LogP) is 4.06. The lowest BCUT2D eigenvalue weighted by atomic mass is 10.1. The van der Waals surface area contributed by atoms with Crippen molar-refractivity contribution in [3.8, 4) is 0 Å². The summed E-state index contributed by atoms with van der Waals surface area (Å²) in [5.41, 5.74) is 3.60. The fraction of sp³-hybridized carbons (Fsp3) is 0.227. The maximum Gasteiger partial charge on any atom is 0.274 e. The molecule has 0 aliphatic carbocycles. The zero-order valence-corrected chi connectivity index (χ0v) is 15.0. The highest BCUT2D eigenvalue weighted by Gasteiger charge is 2.17. The van der Waals surface area contributed by atoms with E-state index in [9.17, 15) is 4.79 Å². The number of amides is 1. The van der Waals surface area contributed by atoms with Crippen molar-refractivity contribution in [3.05, 3.63) is 95.6 Å². The van der Waals surface area contributed by atoms with Crippen LogP contribution in [-0.4, -0.2) is 27.3 Å². The molecule has 132 valence electrons. The molecule has 0 N–H and O–H groups in total.